The van der Waals surface area contributed by atoms with Crippen LogP contribution < -0.4 is 4.90 Å². The normalized spacial score (nSPS) is 27.5. The molecule has 2 bridgehead atoms. The predicted octanol–water partition coefficient (Wildman–Crippen LogP) is 5.30. The maximum absolute atomic E-state index is 14.9. The standard InChI is InChI=1S/C34H49N3O4S/c1-9-19-35(24-15-13-12-14-16-24)29(39)26-25-17-18-34(42-25)27(26)30(40)37(23(11-3)21-38)28(34)31(41)36(20-10-2)33(7,8)22-32(4,5)6/h9-10,12-16,23,25-28,38H,1-2,11,17-22H2,3-8H3/t23-,25-,26+,27-,28?,34?/m0/s1. The fraction of sp³-hybridized carbons (Fsp3) is 0.618. The summed E-state index contributed by atoms with van der Waals surface area (Å²) in [4.78, 5) is 49.1. The van der Waals surface area contributed by atoms with Crippen molar-refractivity contribution in [1.29, 1.82) is 0 Å². The lowest BCUT2D eigenvalue weighted by molar-refractivity contribution is -0.149. The van der Waals surface area contributed by atoms with E-state index in [1.165, 1.54) is 0 Å². The van der Waals surface area contributed by atoms with Crippen molar-refractivity contribution in [2.45, 2.75) is 94.8 Å². The van der Waals surface area contributed by atoms with Crippen LogP contribution in [0.15, 0.2) is 55.6 Å². The maximum Gasteiger partial charge on any atom is 0.247 e. The van der Waals surface area contributed by atoms with Gasteiger partial charge in [-0.15, -0.1) is 24.9 Å². The number of benzene rings is 1. The van der Waals surface area contributed by atoms with E-state index in [1.54, 1.807) is 33.7 Å². The van der Waals surface area contributed by atoms with Crippen molar-refractivity contribution in [3.63, 3.8) is 0 Å². The highest BCUT2D eigenvalue weighted by atomic mass is 32.2. The molecule has 1 aromatic carbocycles. The number of aliphatic hydroxyl groups is 1. The van der Waals surface area contributed by atoms with Gasteiger partial charge >= 0.3 is 0 Å². The minimum Gasteiger partial charge on any atom is -0.394 e. The molecule has 3 aliphatic rings. The van der Waals surface area contributed by atoms with Gasteiger partial charge in [0.2, 0.25) is 17.7 Å². The lowest BCUT2D eigenvalue weighted by atomic mass is 9.70. The third-order valence-corrected chi connectivity index (χ3v) is 11.2. The number of likely N-dealkylation sites (tertiary alicyclic amines) is 1. The summed E-state index contributed by atoms with van der Waals surface area (Å²) in [5.74, 6) is -1.57. The van der Waals surface area contributed by atoms with Crippen LogP contribution >= 0.6 is 11.8 Å². The summed E-state index contributed by atoms with van der Waals surface area (Å²) in [6, 6.07) is 8.24. The van der Waals surface area contributed by atoms with Gasteiger partial charge in [0.1, 0.15) is 6.04 Å². The van der Waals surface area contributed by atoms with Crippen LogP contribution in [0.3, 0.4) is 0 Å². The van der Waals surface area contributed by atoms with Gasteiger partial charge in [-0.2, -0.15) is 0 Å². The molecule has 3 amide bonds. The van der Waals surface area contributed by atoms with Gasteiger partial charge in [0.05, 0.1) is 29.2 Å². The summed E-state index contributed by atoms with van der Waals surface area (Å²) >= 11 is 1.67. The van der Waals surface area contributed by atoms with Crippen molar-refractivity contribution in [1.82, 2.24) is 9.80 Å². The fourth-order valence-electron chi connectivity index (χ4n) is 8.00. The van der Waals surface area contributed by atoms with Gasteiger partial charge in [-0.1, -0.05) is 58.0 Å². The van der Waals surface area contributed by atoms with Gasteiger partial charge in [0.15, 0.2) is 0 Å². The monoisotopic (exact) mass is 595 g/mol. The molecule has 0 aliphatic carbocycles. The van der Waals surface area contributed by atoms with Crippen LogP contribution in [-0.4, -0.2) is 79.9 Å². The smallest absolute Gasteiger partial charge is 0.247 e. The summed E-state index contributed by atoms with van der Waals surface area (Å²) in [6.45, 7) is 20.9. The predicted molar refractivity (Wildman–Crippen MR) is 171 cm³/mol. The Morgan fingerprint density at radius 2 is 1.76 bits per heavy atom. The summed E-state index contributed by atoms with van der Waals surface area (Å²) < 4.78 is -0.727. The molecule has 1 spiro atoms. The molecule has 3 heterocycles. The van der Waals surface area contributed by atoms with E-state index in [2.05, 4.69) is 47.8 Å². The van der Waals surface area contributed by atoms with Crippen LogP contribution in [0.5, 0.6) is 0 Å². The van der Waals surface area contributed by atoms with Gasteiger partial charge in [-0.05, 0) is 57.1 Å². The number of para-hydroxylation sites is 1. The molecule has 230 valence electrons. The molecular formula is C34H49N3O4S. The van der Waals surface area contributed by atoms with Crippen molar-refractivity contribution in [2.24, 2.45) is 17.3 Å². The number of rotatable bonds is 12. The highest BCUT2D eigenvalue weighted by molar-refractivity contribution is 8.02. The summed E-state index contributed by atoms with van der Waals surface area (Å²) in [7, 11) is 0. The highest BCUT2D eigenvalue weighted by Crippen LogP contribution is 2.67. The minimum absolute atomic E-state index is 0.0314. The largest absolute Gasteiger partial charge is 0.394 e. The topological polar surface area (TPSA) is 81.2 Å². The first-order valence-corrected chi connectivity index (χ1v) is 16.2. The van der Waals surface area contributed by atoms with Gasteiger partial charge in [-0.25, -0.2) is 0 Å². The number of fused-ring (bicyclic) bond motifs is 1. The molecule has 6 atom stereocenters. The highest BCUT2D eigenvalue weighted by Gasteiger charge is 2.74. The quantitative estimate of drug-likeness (QED) is 0.332. The number of amides is 3. The van der Waals surface area contributed by atoms with Crippen LogP contribution in [0.1, 0.15) is 67.2 Å². The number of anilines is 1. The third-order valence-electron chi connectivity index (χ3n) is 9.25. The zero-order chi connectivity index (χ0) is 31.0. The van der Waals surface area contributed by atoms with Crippen molar-refractivity contribution in [2.75, 3.05) is 24.6 Å². The van der Waals surface area contributed by atoms with Crippen molar-refractivity contribution in [3.05, 3.63) is 55.6 Å². The second-order valence-electron chi connectivity index (χ2n) is 13.9. The molecule has 3 saturated heterocycles. The number of aliphatic hydroxyl groups excluding tert-OH is 1. The van der Waals surface area contributed by atoms with Crippen molar-refractivity contribution >= 4 is 35.2 Å². The molecule has 0 aromatic heterocycles. The van der Waals surface area contributed by atoms with Gasteiger partial charge < -0.3 is 19.8 Å². The molecule has 3 aliphatic heterocycles. The summed E-state index contributed by atoms with van der Waals surface area (Å²) in [5, 5.41) is 10.4. The molecule has 2 unspecified atom stereocenters. The Morgan fingerprint density at radius 3 is 2.31 bits per heavy atom. The Hall–Kier alpha value is -2.58. The lowest BCUT2D eigenvalue weighted by Crippen LogP contribution is -2.61. The molecule has 1 aromatic rings. The molecule has 42 heavy (non-hydrogen) atoms. The third kappa shape index (κ3) is 5.57. The van der Waals surface area contributed by atoms with E-state index in [0.29, 0.717) is 25.9 Å². The molecule has 4 rings (SSSR count). The summed E-state index contributed by atoms with van der Waals surface area (Å²) in [5.41, 5.74) is 0.233. The van der Waals surface area contributed by atoms with E-state index in [-0.39, 0.29) is 35.0 Å². The van der Waals surface area contributed by atoms with Crippen LogP contribution in [0, 0.1) is 17.3 Å². The Balaban J connectivity index is 1.81. The number of hydrogen-bond acceptors (Lipinski definition) is 5. The Kier molecular flexibility index (Phi) is 9.39. The first kappa shape index (κ1) is 32.3. The van der Waals surface area contributed by atoms with Gasteiger partial charge in [0, 0.05) is 29.6 Å². The summed E-state index contributed by atoms with van der Waals surface area (Å²) in [6.07, 6.45) is 6.19. The number of carbonyl (C=O) groups is 3. The SMILES string of the molecule is C=CCN(C(=O)[C@@H]1[C@@H]2CCC3(S2)C(C(=O)N(CC=C)C(C)(C)CC(C)(C)C)N([C@@H](CC)CO)C(=O)[C@H]13)c1ccccc1. The lowest BCUT2D eigenvalue weighted by Gasteiger charge is -2.46. The van der Waals surface area contributed by atoms with E-state index in [0.717, 1.165) is 18.5 Å². The van der Waals surface area contributed by atoms with Crippen molar-refractivity contribution < 1.29 is 19.5 Å². The zero-order valence-electron chi connectivity index (χ0n) is 26.2. The molecule has 0 saturated carbocycles. The number of carbonyl (C=O) groups excluding carboxylic acids is 3. The first-order valence-electron chi connectivity index (χ1n) is 15.3. The average Bonchev–Trinajstić information content (AvgIpc) is 3.57. The molecule has 7 nitrogen and oxygen atoms in total. The molecule has 3 fully saturated rings. The minimum atomic E-state index is -0.760. The second-order valence-corrected chi connectivity index (χ2v) is 15.5. The first-order chi connectivity index (χ1) is 19.8. The van der Waals surface area contributed by atoms with Crippen LogP contribution in [0.2, 0.25) is 0 Å². The average molecular weight is 596 g/mol. The van der Waals surface area contributed by atoms with E-state index >= 15 is 0 Å². The number of thioether (sulfide) groups is 1. The van der Waals surface area contributed by atoms with Gasteiger partial charge in [0.25, 0.3) is 0 Å². The van der Waals surface area contributed by atoms with Crippen molar-refractivity contribution in [3.8, 4) is 0 Å². The van der Waals surface area contributed by atoms with Crippen LogP contribution in [-0.2, 0) is 14.4 Å². The second kappa shape index (κ2) is 12.2. The number of nitrogens with zero attached hydrogens (tertiary/aromatic N) is 3. The number of hydrogen-bond donors (Lipinski definition) is 1. The van der Waals surface area contributed by atoms with E-state index in [9.17, 15) is 19.5 Å². The molecule has 1 N–H and O–H groups in total. The molecular weight excluding hydrogens is 546 g/mol. The Morgan fingerprint density at radius 1 is 1.12 bits per heavy atom. The van der Waals surface area contributed by atoms with E-state index in [4.69, 9.17) is 0 Å². The maximum atomic E-state index is 14.9. The van der Waals surface area contributed by atoms with Crippen LogP contribution in [0.25, 0.3) is 0 Å². The van der Waals surface area contributed by atoms with Gasteiger partial charge in [-0.3, -0.25) is 14.4 Å². The fourth-order valence-corrected chi connectivity index (χ4v) is 10.2. The van der Waals surface area contributed by atoms with Crippen LogP contribution in [0.4, 0.5) is 5.69 Å². The Bertz CT molecular complexity index is 1190. The molecule has 0 radical (unpaired) electrons. The van der Waals surface area contributed by atoms with E-state index < -0.39 is 34.2 Å². The zero-order valence-corrected chi connectivity index (χ0v) is 27.0. The molecule has 8 heteroatoms. The van der Waals surface area contributed by atoms with E-state index in [1.807, 2.05) is 42.2 Å². The Labute approximate surface area is 256 Å².